The van der Waals surface area contributed by atoms with Crippen molar-refractivity contribution in [2.45, 2.75) is 51.1 Å². The summed E-state index contributed by atoms with van der Waals surface area (Å²) in [6.45, 7) is 3.14. The number of hydrogen-bond donors (Lipinski definition) is 6. The largest absolute Gasteiger partial charge is 0.480 e. The van der Waals surface area contributed by atoms with Gasteiger partial charge in [-0.25, -0.2) is 4.79 Å². The van der Waals surface area contributed by atoms with Gasteiger partial charge in [-0.3, -0.25) is 15.0 Å². The molecule has 1 aliphatic rings. The summed E-state index contributed by atoms with van der Waals surface area (Å²) in [4.78, 5) is 39.7. The Bertz CT molecular complexity index is 868. The van der Waals surface area contributed by atoms with Crippen LogP contribution >= 0.6 is 11.3 Å². The molecule has 2 unspecified atom stereocenters. The van der Waals surface area contributed by atoms with Crippen LogP contribution < -0.4 is 22.1 Å². The number of carbonyl (C=O) groups excluding carboxylic acids is 2. The maximum absolute atomic E-state index is 12.2. The van der Waals surface area contributed by atoms with Crippen molar-refractivity contribution < 1.29 is 19.5 Å². The zero-order valence-electron chi connectivity index (χ0n) is 18.2. The molecule has 0 bridgehead atoms. The zero-order valence-corrected chi connectivity index (χ0v) is 19.0. The molecule has 2 heterocycles. The van der Waals surface area contributed by atoms with Crippen molar-refractivity contribution in [3.8, 4) is 0 Å². The number of carboxylic acid groups (broad SMARTS) is 1. The molecule has 0 spiro atoms. The van der Waals surface area contributed by atoms with Crippen LogP contribution in [0.25, 0.3) is 0 Å². The number of carboxylic acids is 1. The Hall–Kier alpha value is -2.92. The predicted octanol–water partition coefficient (Wildman–Crippen LogP) is 0.172. The molecular formula is C21H32N6O4S. The fourth-order valence-corrected chi connectivity index (χ4v) is 4.50. The van der Waals surface area contributed by atoms with Crippen molar-refractivity contribution in [3.05, 3.63) is 33.5 Å². The van der Waals surface area contributed by atoms with Crippen LogP contribution in [0.2, 0.25) is 0 Å². The second kappa shape index (κ2) is 12.2. The van der Waals surface area contributed by atoms with Crippen molar-refractivity contribution >= 4 is 35.1 Å². The monoisotopic (exact) mass is 464 g/mol. The number of thiophene rings is 1. The fourth-order valence-electron chi connectivity index (χ4n) is 3.33. The minimum atomic E-state index is -1.10. The summed E-state index contributed by atoms with van der Waals surface area (Å²) in [5.74, 6) is -1.97. The summed E-state index contributed by atoms with van der Waals surface area (Å²) >= 11 is 1.56. The smallest absolute Gasteiger partial charge is 0.326 e. The van der Waals surface area contributed by atoms with Gasteiger partial charge < -0.3 is 32.1 Å². The van der Waals surface area contributed by atoms with Crippen molar-refractivity contribution in [3.63, 3.8) is 0 Å². The van der Waals surface area contributed by atoms with Crippen LogP contribution in [-0.2, 0) is 27.2 Å². The van der Waals surface area contributed by atoms with E-state index in [1.54, 1.807) is 16.2 Å². The highest BCUT2D eigenvalue weighted by Crippen LogP contribution is 2.19. The van der Waals surface area contributed by atoms with E-state index in [4.69, 9.17) is 16.9 Å². The molecule has 1 aliphatic heterocycles. The van der Waals surface area contributed by atoms with Gasteiger partial charge in [-0.15, -0.1) is 11.3 Å². The quantitative estimate of drug-likeness (QED) is 0.145. The molecule has 32 heavy (non-hydrogen) atoms. The Morgan fingerprint density at radius 2 is 2.00 bits per heavy atom. The topological polar surface area (TPSA) is 175 Å². The molecule has 0 saturated carbocycles. The summed E-state index contributed by atoms with van der Waals surface area (Å²) in [7, 11) is 0. The van der Waals surface area contributed by atoms with Crippen LogP contribution in [0, 0.1) is 5.41 Å². The summed E-state index contributed by atoms with van der Waals surface area (Å²) in [6, 6.07) is 2.09. The van der Waals surface area contributed by atoms with Gasteiger partial charge in [0.05, 0.1) is 6.04 Å². The van der Waals surface area contributed by atoms with Gasteiger partial charge in [0.25, 0.3) is 0 Å². The molecule has 11 heteroatoms. The molecule has 176 valence electrons. The molecular weight excluding hydrogens is 432 g/mol. The maximum Gasteiger partial charge on any atom is 0.326 e. The molecule has 0 radical (unpaired) electrons. The minimum absolute atomic E-state index is 0.0274. The molecule has 0 saturated heterocycles. The van der Waals surface area contributed by atoms with Crippen molar-refractivity contribution in [1.29, 1.82) is 5.41 Å². The Kier molecular flexibility index (Phi) is 9.66. The Balaban J connectivity index is 1.72. The molecule has 8 N–H and O–H groups in total. The summed E-state index contributed by atoms with van der Waals surface area (Å²) in [5, 5.41) is 22.0. The van der Waals surface area contributed by atoms with E-state index in [-0.39, 0.29) is 25.3 Å². The standard InChI is InChI=1S/C21H32N6O4S/c1-2-3-14-4-5-15(32-14)11-17(20(30)31)26-18(28)6-8-25-19(29)16(22)10-13-7-9-27(12-13)21(23)24/h4-5,7,16-17H,2-3,6,8-12,22H2,1H3,(H3,23,24)(H,25,29)(H,26,28)(H,30,31). The Morgan fingerprint density at radius 1 is 1.28 bits per heavy atom. The van der Waals surface area contributed by atoms with Crippen molar-refractivity contribution in [2.75, 3.05) is 19.6 Å². The molecule has 0 fully saturated rings. The number of aliphatic carboxylic acids is 1. The fraction of sp³-hybridized carbons (Fsp3) is 0.524. The van der Waals surface area contributed by atoms with Gasteiger partial charge in [-0.1, -0.05) is 25.0 Å². The minimum Gasteiger partial charge on any atom is -0.480 e. The van der Waals surface area contributed by atoms with E-state index in [2.05, 4.69) is 17.6 Å². The molecule has 2 amide bonds. The first-order valence-electron chi connectivity index (χ1n) is 10.6. The number of hydrogen-bond acceptors (Lipinski definition) is 6. The Morgan fingerprint density at radius 3 is 2.62 bits per heavy atom. The number of guanidine groups is 1. The van der Waals surface area contributed by atoms with Gasteiger partial charge in [0, 0.05) is 42.2 Å². The third-order valence-electron chi connectivity index (χ3n) is 5.06. The summed E-state index contributed by atoms with van der Waals surface area (Å²) < 4.78 is 0. The predicted molar refractivity (Wildman–Crippen MR) is 123 cm³/mol. The number of carbonyl (C=O) groups is 3. The van der Waals surface area contributed by atoms with Crippen LogP contribution in [0.3, 0.4) is 0 Å². The van der Waals surface area contributed by atoms with E-state index in [1.807, 2.05) is 18.2 Å². The molecule has 1 aromatic rings. The third-order valence-corrected chi connectivity index (χ3v) is 6.22. The molecule has 10 nitrogen and oxygen atoms in total. The van der Waals surface area contributed by atoms with E-state index in [1.165, 1.54) is 4.88 Å². The summed E-state index contributed by atoms with van der Waals surface area (Å²) in [6.07, 6.45) is 4.37. The van der Waals surface area contributed by atoms with Gasteiger partial charge in [-0.2, -0.15) is 0 Å². The normalized spacial score (nSPS) is 15.1. The van der Waals surface area contributed by atoms with Gasteiger partial charge in [0.1, 0.15) is 6.04 Å². The number of nitrogens with two attached hydrogens (primary N) is 2. The SMILES string of the molecule is CCCc1ccc(CC(NC(=O)CCNC(=O)C(N)CC2=CCN(C(=N)N)C2)C(=O)O)s1. The first-order chi connectivity index (χ1) is 15.2. The third kappa shape index (κ3) is 7.97. The average molecular weight is 465 g/mol. The summed E-state index contributed by atoms with van der Waals surface area (Å²) in [5.41, 5.74) is 12.3. The van der Waals surface area contributed by atoms with Crippen LogP contribution in [0.4, 0.5) is 0 Å². The van der Waals surface area contributed by atoms with Gasteiger partial charge in [0.15, 0.2) is 5.96 Å². The van der Waals surface area contributed by atoms with E-state index in [9.17, 15) is 19.5 Å². The lowest BCUT2D eigenvalue weighted by molar-refractivity contribution is -0.141. The lowest BCUT2D eigenvalue weighted by atomic mass is 10.1. The number of nitrogens with zero attached hydrogens (tertiary/aromatic N) is 1. The number of nitrogens with one attached hydrogen (secondary N) is 3. The van der Waals surface area contributed by atoms with E-state index in [0.29, 0.717) is 19.5 Å². The van der Waals surface area contributed by atoms with Crippen molar-refractivity contribution in [1.82, 2.24) is 15.5 Å². The first kappa shape index (κ1) is 25.3. The molecule has 2 atom stereocenters. The number of aryl methyl sites for hydroxylation is 1. The lowest BCUT2D eigenvalue weighted by Gasteiger charge is -2.17. The van der Waals surface area contributed by atoms with Gasteiger partial charge in [0.2, 0.25) is 11.8 Å². The zero-order chi connectivity index (χ0) is 23.7. The Labute approximate surface area is 191 Å². The maximum atomic E-state index is 12.2. The van der Waals surface area contributed by atoms with Crippen LogP contribution in [-0.4, -0.2) is 65.5 Å². The van der Waals surface area contributed by atoms with E-state index >= 15 is 0 Å². The van der Waals surface area contributed by atoms with Crippen molar-refractivity contribution in [2.24, 2.45) is 11.5 Å². The second-order valence-corrected chi connectivity index (χ2v) is 9.01. The number of rotatable bonds is 12. The number of amides is 2. The van der Waals surface area contributed by atoms with Gasteiger partial charge >= 0.3 is 5.97 Å². The highest BCUT2D eigenvalue weighted by molar-refractivity contribution is 7.12. The highest BCUT2D eigenvalue weighted by Gasteiger charge is 2.23. The van der Waals surface area contributed by atoms with Crippen LogP contribution in [0.15, 0.2) is 23.8 Å². The molecule has 0 aromatic carbocycles. The average Bonchev–Trinajstić information content (AvgIpc) is 3.37. The van der Waals surface area contributed by atoms with E-state index in [0.717, 1.165) is 23.3 Å². The van der Waals surface area contributed by atoms with Gasteiger partial charge in [-0.05, 0) is 25.0 Å². The highest BCUT2D eigenvalue weighted by atomic mass is 32.1. The first-order valence-corrected chi connectivity index (χ1v) is 11.4. The molecule has 2 rings (SSSR count). The lowest BCUT2D eigenvalue weighted by Crippen LogP contribution is -2.45. The molecule has 1 aromatic heterocycles. The molecule has 0 aliphatic carbocycles. The van der Waals surface area contributed by atoms with Crippen LogP contribution in [0.1, 0.15) is 35.9 Å². The van der Waals surface area contributed by atoms with E-state index < -0.39 is 29.9 Å². The second-order valence-electron chi connectivity index (χ2n) is 7.76. The van der Waals surface area contributed by atoms with Crippen LogP contribution in [0.5, 0.6) is 0 Å².